The van der Waals surface area contributed by atoms with Crippen LogP contribution in [0, 0.1) is 0 Å². The van der Waals surface area contributed by atoms with E-state index in [9.17, 15) is 40.7 Å². The molecule has 1 rings (SSSR count). The largest absolute Gasteiger partial charge is 0.491 e. The second-order valence-electron chi connectivity index (χ2n) is 4.81. The number of halogens is 6. The van der Waals surface area contributed by atoms with Gasteiger partial charge in [0.15, 0.2) is 0 Å². The second-order valence-corrected chi connectivity index (χ2v) is 4.81. The Bertz CT molecular complexity index is 645. The number of H-pyrrole nitrogens is 1. The standard InChI is InChI=1S/C12H12F6N4O5/c13-11(14,15)8(24)26-10(4-19,27-9(25)12(16,17)18)7(23)21-2-1-6-3-20-5-22-6/h3,5H,1-2,4,19H2,(H,20,22)(H,21,23). The van der Waals surface area contributed by atoms with Crippen LogP contribution in [0.15, 0.2) is 12.5 Å². The van der Waals surface area contributed by atoms with Crippen molar-refractivity contribution in [3.05, 3.63) is 18.2 Å². The normalized spacial score (nSPS) is 12.4. The molecule has 0 aliphatic carbocycles. The van der Waals surface area contributed by atoms with E-state index >= 15 is 0 Å². The molecule has 0 bridgehead atoms. The molecule has 0 fully saturated rings. The van der Waals surface area contributed by atoms with E-state index in [1.54, 1.807) is 0 Å². The lowest BCUT2D eigenvalue weighted by Gasteiger charge is -2.30. The number of aromatic nitrogens is 2. The summed E-state index contributed by atoms with van der Waals surface area (Å²) in [6, 6.07) is 0. The summed E-state index contributed by atoms with van der Waals surface area (Å²) in [4.78, 5) is 40.2. The summed E-state index contributed by atoms with van der Waals surface area (Å²) >= 11 is 0. The molecule has 27 heavy (non-hydrogen) atoms. The summed E-state index contributed by atoms with van der Waals surface area (Å²) in [6.45, 7) is -1.86. The maximum absolute atomic E-state index is 12.4. The molecular weight excluding hydrogens is 394 g/mol. The number of alkyl halides is 6. The first-order valence-corrected chi connectivity index (χ1v) is 6.88. The number of aromatic amines is 1. The van der Waals surface area contributed by atoms with Crippen molar-refractivity contribution in [1.82, 2.24) is 15.3 Å². The number of hydrogen-bond donors (Lipinski definition) is 3. The third-order valence-corrected chi connectivity index (χ3v) is 2.83. The molecule has 0 aliphatic heterocycles. The fraction of sp³-hybridized carbons (Fsp3) is 0.500. The molecule has 15 heteroatoms. The van der Waals surface area contributed by atoms with Crippen molar-refractivity contribution in [3.8, 4) is 0 Å². The Labute approximate surface area is 146 Å². The van der Waals surface area contributed by atoms with E-state index in [1.807, 2.05) is 5.32 Å². The van der Waals surface area contributed by atoms with E-state index in [-0.39, 0.29) is 13.0 Å². The van der Waals surface area contributed by atoms with E-state index < -0.39 is 42.5 Å². The minimum absolute atomic E-state index is 0.0207. The average Bonchev–Trinajstić information content (AvgIpc) is 3.05. The van der Waals surface area contributed by atoms with Gasteiger partial charge in [0.1, 0.15) is 0 Å². The lowest BCUT2D eigenvalue weighted by Crippen LogP contribution is -2.60. The lowest BCUT2D eigenvalue weighted by atomic mass is 10.2. The van der Waals surface area contributed by atoms with Crippen LogP contribution in [0.4, 0.5) is 26.3 Å². The Morgan fingerprint density at radius 2 is 1.59 bits per heavy atom. The van der Waals surface area contributed by atoms with Crippen molar-refractivity contribution in [2.24, 2.45) is 5.73 Å². The van der Waals surface area contributed by atoms with Gasteiger partial charge in [-0.05, 0) is 0 Å². The zero-order valence-electron chi connectivity index (χ0n) is 13.1. The van der Waals surface area contributed by atoms with E-state index in [4.69, 9.17) is 5.73 Å². The van der Waals surface area contributed by atoms with Gasteiger partial charge in [0.2, 0.25) is 0 Å². The maximum atomic E-state index is 12.4. The smallest absolute Gasteiger partial charge is 0.405 e. The van der Waals surface area contributed by atoms with Crippen LogP contribution < -0.4 is 11.1 Å². The number of nitrogens with two attached hydrogens (primary N) is 1. The Morgan fingerprint density at radius 1 is 1.07 bits per heavy atom. The van der Waals surface area contributed by atoms with Crippen molar-refractivity contribution in [3.63, 3.8) is 0 Å². The monoisotopic (exact) mass is 406 g/mol. The number of amides is 1. The van der Waals surface area contributed by atoms with Gasteiger partial charge in [0, 0.05) is 24.9 Å². The van der Waals surface area contributed by atoms with Crippen LogP contribution in [0.5, 0.6) is 0 Å². The van der Waals surface area contributed by atoms with Crippen molar-refractivity contribution in [1.29, 1.82) is 0 Å². The molecule has 9 nitrogen and oxygen atoms in total. The Kier molecular flexibility index (Phi) is 6.77. The van der Waals surface area contributed by atoms with E-state index in [0.29, 0.717) is 5.69 Å². The van der Waals surface area contributed by atoms with Crippen molar-refractivity contribution in [2.45, 2.75) is 24.6 Å². The zero-order valence-corrected chi connectivity index (χ0v) is 13.1. The Morgan fingerprint density at radius 3 is 1.96 bits per heavy atom. The molecule has 0 saturated carbocycles. The van der Waals surface area contributed by atoms with E-state index in [2.05, 4.69) is 19.4 Å². The summed E-state index contributed by atoms with van der Waals surface area (Å²) in [7, 11) is 0. The van der Waals surface area contributed by atoms with Crippen LogP contribution in [0.25, 0.3) is 0 Å². The maximum Gasteiger partial charge on any atom is 0.491 e. The molecule has 152 valence electrons. The molecule has 1 heterocycles. The van der Waals surface area contributed by atoms with Gasteiger partial charge < -0.3 is 25.5 Å². The fourth-order valence-electron chi connectivity index (χ4n) is 1.57. The van der Waals surface area contributed by atoms with Crippen LogP contribution in [0.2, 0.25) is 0 Å². The number of carbonyl (C=O) groups is 3. The lowest BCUT2D eigenvalue weighted by molar-refractivity contribution is -0.263. The number of esters is 2. The van der Waals surface area contributed by atoms with Gasteiger partial charge in [0.05, 0.1) is 12.9 Å². The summed E-state index contributed by atoms with van der Waals surface area (Å²) in [5.74, 6) is -11.6. The summed E-state index contributed by atoms with van der Waals surface area (Å²) in [5.41, 5.74) is 5.44. The van der Waals surface area contributed by atoms with Gasteiger partial charge >= 0.3 is 36.0 Å². The number of imidazole rings is 1. The minimum Gasteiger partial charge on any atom is -0.405 e. The quantitative estimate of drug-likeness (QED) is 0.328. The SMILES string of the molecule is NCC(OC(=O)C(F)(F)F)(OC(=O)C(F)(F)F)C(=O)NCCc1cnc[nH]1. The van der Waals surface area contributed by atoms with Crippen molar-refractivity contribution >= 4 is 17.8 Å². The van der Waals surface area contributed by atoms with E-state index in [1.165, 1.54) is 12.5 Å². The Balaban J connectivity index is 3.00. The van der Waals surface area contributed by atoms with Gasteiger partial charge in [-0.15, -0.1) is 0 Å². The highest BCUT2D eigenvalue weighted by Crippen LogP contribution is 2.26. The number of rotatable bonds is 7. The van der Waals surface area contributed by atoms with Crippen LogP contribution >= 0.6 is 0 Å². The molecule has 1 aromatic rings. The molecule has 0 spiro atoms. The first kappa shape index (κ1) is 22.2. The zero-order chi connectivity index (χ0) is 20.9. The number of carbonyl (C=O) groups excluding carboxylic acids is 3. The topological polar surface area (TPSA) is 136 Å². The second kappa shape index (κ2) is 8.24. The fourth-order valence-corrected chi connectivity index (χ4v) is 1.57. The van der Waals surface area contributed by atoms with Crippen LogP contribution in [-0.2, 0) is 30.3 Å². The van der Waals surface area contributed by atoms with Gasteiger partial charge in [0.25, 0.3) is 0 Å². The van der Waals surface area contributed by atoms with Crippen molar-refractivity contribution < 1.29 is 50.2 Å². The molecule has 4 N–H and O–H groups in total. The van der Waals surface area contributed by atoms with Crippen LogP contribution in [0.1, 0.15) is 5.69 Å². The Hall–Kier alpha value is -2.84. The number of ether oxygens (including phenoxy) is 2. The predicted octanol–water partition coefficient (Wildman–Crippen LogP) is -0.0656. The minimum atomic E-state index is -5.69. The number of nitrogens with zero attached hydrogens (tertiary/aromatic N) is 1. The molecule has 0 unspecified atom stereocenters. The average molecular weight is 406 g/mol. The molecule has 0 atom stereocenters. The highest BCUT2D eigenvalue weighted by atomic mass is 19.4. The first-order chi connectivity index (χ1) is 12.3. The van der Waals surface area contributed by atoms with Crippen LogP contribution in [-0.4, -0.2) is 59.0 Å². The van der Waals surface area contributed by atoms with E-state index in [0.717, 1.165) is 0 Å². The first-order valence-electron chi connectivity index (χ1n) is 6.88. The molecule has 0 saturated heterocycles. The highest BCUT2D eigenvalue weighted by molar-refractivity contribution is 5.90. The molecule has 1 aromatic heterocycles. The third-order valence-electron chi connectivity index (χ3n) is 2.83. The molecule has 0 radical (unpaired) electrons. The molecule has 1 amide bonds. The number of hydrogen-bond acceptors (Lipinski definition) is 7. The highest BCUT2D eigenvalue weighted by Gasteiger charge is 2.55. The molecule has 0 aliphatic rings. The van der Waals surface area contributed by atoms with Gasteiger partial charge in [-0.25, -0.2) is 14.6 Å². The summed E-state index contributed by atoms with van der Waals surface area (Å²) < 4.78 is 81.6. The van der Waals surface area contributed by atoms with Gasteiger partial charge in [-0.3, -0.25) is 4.79 Å². The van der Waals surface area contributed by atoms with Gasteiger partial charge in [-0.1, -0.05) is 0 Å². The summed E-state index contributed by atoms with van der Waals surface area (Å²) in [6.07, 6.45) is -8.76. The molecule has 0 aromatic carbocycles. The third kappa shape index (κ3) is 6.12. The van der Waals surface area contributed by atoms with Crippen molar-refractivity contribution in [2.75, 3.05) is 13.1 Å². The van der Waals surface area contributed by atoms with Gasteiger partial charge in [-0.2, -0.15) is 26.3 Å². The summed E-state index contributed by atoms with van der Waals surface area (Å²) in [5, 5.41) is 1.87. The number of nitrogens with one attached hydrogen (secondary N) is 2. The predicted molar refractivity (Wildman–Crippen MR) is 71.4 cm³/mol. The molecular formula is C12H12F6N4O5. The van der Waals surface area contributed by atoms with Crippen LogP contribution in [0.3, 0.4) is 0 Å².